The van der Waals surface area contributed by atoms with Crippen molar-refractivity contribution < 1.29 is 19.0 Å². The summed E-state index contributed by atoms with van der Waals surface area (Å²) in [6.45, 7) is 2.44. The van der Waals surface area contributed by atoms with Crippen LogP contribution in [0.3, 0.4) is 0 Å². The fraction of sp³-hybridized carbons (Fsp3) is 0.250. The zero-order valence-corrected chi connectivity index (χ0v) is 14.1. The van der Waals surface area contributed by atoms with Gasteiger partial charge in [0.25, 0.3) is 0 Å². The van der Waals surface area contributed by atoms with Crippen molar-refractivity contribution in [3.05, 3.63) is 58.7 Å². The van der Waals surface area contributed by atoms with Gasteiger partial charge in [-0.05, 0) is 42.3 Å². The van der Waals surface area contributed by atoms with Gasteiger partial charge in [0.05, 0.1) is 26.4 Å². The Morgan fingerprint density at radius 3 is 2.62 bits per heavy atom. The molecule has 124 valence electrons. The molecule has 0 aliphatic carbocycles. The van der Waals surface area contributed by atoms with E-state index in [2.05, 4.69) is 0 Å². The van der Waals surface area contributed by atoms with Crippen molar-refractivity contribution >= 4 is 11.9 Å². The second kappa shape index (κ2) is 6.79. The van der Waals surface area contributed by atoms with Gasteiger partial charge in [-0.3, -0.25) is 4.79 Å². The molecule has 1 aliphatic rings. The second-order valence-corrected chi connectivity index (χ2v) is 5.66. The largest absolute Gasteiger partial charge is 0.493 e. The van der Waals surface area contributed by atoms with Gasteiger partial charge in [-0.25, -0.2) is 0 Å². The van der Waals surface area contributed by atoms with E-state index in [9.17, 15) is 4.79 Å². The molecule has 0 unspecified atom stereocenters. The van der Waals surface area contributed by atoms with Gasteiger partial charge < -0.3 is 14.2 Å². The van der Waals surface area contributed by atoms with Crippen LogP contribution in [-0.2, 0) is 0 Å². The summed E-state index contributed by atoms with van der Waals surface area (Å²) in [4.78, 5) is 12.9. The van der Waals surface area contributed by atoms with Gasteiger partial charge in [0.15, 0.2) is 17.3 Å². The Bertz CT molecular complexity index is 805. The van der Waals surface area contributed by atoms with E-state index >= 15 is 0 Å². The maximum Gasteiger partial charge on any atom is 0.192 e. The molecule has 0 fully saturated rings. The van der Waals surface area contributed by atoms with E-state index in [1.807, 2.05) is 49.4 Å². The summed E-state index contributed by atoms with van der Waals surface area (Å²) in [7, 11) is 3.19. The van der Waals surface area contributed by atoms with Crippen LogP contribution in [0.5, 0.6) is 17.2 Å². The molecular formula is C20H20O4. The molecule has 0 amide bonds. The lowest BCUT2D eigenvalue weighted by Gasteiger charge is -2.09. The third-order valence-electron chi connectivity index (χ3n) is 4.11. The summed E-state index contributed by atoms with van der Waals surface area (Å²) in [6.07, 6.45) is 2.46. The number of methoxy groups -OCH3 is 2. The first-order valence-corrected chi connectivity index (χ1v) is 7.83. The molecule has 0 atom stereocenters. The number of hydrogen-bond acceptors (Lipinski definition) is 4. The normalized spacial score (nSPS) is 15.5. The Morgan fingerprint density at radius 2 is 1.88 bits per heavy atom. The molecule has 4 heteroatoms. The highest BCUT2D eigenvalue weighted by Gasteiger charge is 2.22. The van der Waals surface area contributed by atoms with E-state index < -0.39 is 0 Å². The number of ketones is 1. The first-order chi connectivity index (χ1) is 11.6. The maximum atomic E-state index is 12.9. The molecule has 24 heavy (non-hydrogen) atoms. The van der Waals surface area contributed by atoms with Crippen molar-refractivity contribution in [3.63, 3.8) is 0 Å². The summed E-state index contributed by atoms with van der Waals surface area (Å²) in [6, 6.07) is 11.3. The van der Waals surface area contributed by atoms with E-state index in [1.165, 1.54) is 0 Å². The van der Waals surface area contributed by atoms with E-state index in [1.54, 1.807) is 14.2 Å². The van der Waals surface area contributed by atoms with Crippen LogP contribution in [0.25, 0.3) is 6.08 Å². The van der Waals surface area contributed by atoms with Gasteiger partial charge in [-0.1, -0.05) is 18.2 Å². The standard InChI is InChI=1S/C20H20O4/c1-13-5-4-6-16-19(21)15(9-10-24-20(13)16)11-14-7-8-17(22-2)18(12-14)23-3/h4-8,11-12H,9-10H2,1-3H3/b15-11-. The highest BCUT2D eigenvalue weighted by Crippen LogP contribution is 2.32. The average molecular weight is 324 g/mol. The fourth-order valence-electron chi connectivity index (χ4n) is 2.85. The van der Waals surface area contributed by atoms with Gasteiger partial charge in [-0.15, -0.1) is 0 Å². The molecular weight excluding hydrogens is 304 g/mol. The minimum Gasteiger partial charge on any atom is -0.493 e. The third kappa shape index (κ3) is 3.00. The third-order valence-corrected chi connectivity index (χ3v) is 4.11. The van der Waals surface area contributed by atoms with Crippen LogP contribution < -0.4 is 14.2 Å². The quantitative estimate of drug-likeness (QED) is 0.799. The van der Waals surface area contributed by atoms with Crippen molar-refractivity contribution in [1.29, 1.82) is 0 Å². The zero-order valence-electron chi connectivity index (χ0n) is 14.1. The monoisotopic (exact) mass is 324 g/mol. The zero-order chi connectivity index (χ0) is 17.1. The lowest BCUT2D eigenvalue weighted by Crippen LogP contribution is -2.02. The molecule has 1 heterocycles. The number of Topliss-reactive ketones (excluding diaryl/α,β-unsaturated/α-hetero) is 1. The fourth-order valence-corrected chi connectivity index (χ4v) is 2.85. The van der Waals surface area contributed by atoms with Crippen molar-refractivity contribution in [2.24, 2.45) is 0 Å². The van der Waals surface area contributed by atoms with Crippen LogP contribution in [0.2, 0.25) is 0 Å². The predicted molar refractivity (Wildman–Crippen MR) is 93.1 cm³/mol. The molecule has 0 saturated carbocycles. The summed E-state index contributed by atoms with van der Waals surface area (Å²) in [5.74, 6) is 2.01. The summed E-state index contributed by atoms with van der Waals surface area (Å²) in [5.41, 5.74) is 3.23. The highest BCUT2D eigenvalue weighted by atomic mass is 16.5. The van der Waals surface area contributed by atoms with E-state index in [4.69, 9.17) is 14.2 Å². The molecule has 0 bridgehead atoms. The van der Waals surface area contributed by atoms with Gasteiger partial charge >= 0.3 is 0 Å². The highest BCUT2D eigenvalue weighted by molar-refractivity contribution is 6.13. The molecule has 3 rings (SSSR count). The Hall–Kier alpha value is -2.75. The molecule has 0 saturated heterocycles. The van der Waals surface area contributed by atoms with E-state index in [0.29, 0.717) is 35.8 Å². The Kier molecular flexibility index (Phi) is 4.56. The maximum absolute atomic E-state index is 12.9. The molecule has 1 aliphatic heterocycles. The first kappa shape index (κ1) is 16.1. The van der Waals surface area contributed by atoms with Crippen LogP contribution in [0.4, 0.5) is 0 Å². The number of carbonyl (C=O) groups excluding carboxylic acids is 1. The van der Waals surface area contributed by atoms with Crippen LogP contribution in [-0.4, -0.2) is 26.6 Å². The lowest BCUT2D eigenvalue weighted by molar-refractivity contribution is 0.103. The number of para-hydroxylation sites is 1. The molecule has 0 aromatic heterocycles. The average Bonchev–Trinajstić information content (AvgIpc) is 2.76. The van der Waals surface area contributed by atoms with Crippen molar-refractivity contribution in [2.45, 2.75) is 13.3 Å². The van der Waals surface area contributed by atoms with Gasteiger partial charge in [0.2, 0.25) is 0 Å². The van der Waals surface area contributed by atoms with Crippen molar-refractivity contribution in [2.75, 3.05) is 20.8 Å². The number of aryl methyl sites for hydroxylation is 1. The molecule has 0 radical (unpaired) electrons. The predicted octanol–water partition coefficient (Wildman–Crippen LogP) is 4.06. The summed E-state index contributed by atoms with van der Waals surface area (Å²) < 4.78 is 16.4. The van der Waals surface area contributed by atoms with Gasteiger partial charge in [0, 0.05) is 12.0 Å². The Balaban J connectivity index is 2.00. The summed E-state index contributed by atoms with van der Waals surface area (Å²) >= 11 is 0. The first-order valence-electron chi connectivity index (χ1n) is 7.83. The van der Waals surface area contributed by atoms with E-state index in [0.717, 1.165) is 16.7 Å². The van der Waals surface area contributed by atoms with Crippen LogP contribution in [0, 0.1) is 6.92 Å². The number of benzene rings is 2. The number of rotatable bonds is 3. The number of ether oxygens (including phenoxy) is 3. The van der Waals surface area contributed by atoms with Crippen molar-refractivity contribution in [3.8, 4) is 17.2 Å². The number of fused-ring (bicyclic) bond motifs is 1. The van der Waals surface area contributed by atoms with Gasteiger partial charge in [0.1, 0.15) is 5.75 Å². The molecule has 0 N–H and O–H groups in total. The van der Waals surface area contributed by atoms with Crippen LogP contribution in [0.15, 0.2) is 42.0 Å². The molecule has 2 aromatic carbocycles. The molecule has 4 nitrogen and oxygen atoms in total. The smallest absolute Gasteiger partial charge is 0.192 e. The minimum atomic E-state index is 0.0148. The molecule has 2 aromatic rings. The number of hydrogen-bond donors (Lipinski definition) is 0. The minimum absolute atomic E-state index is 0.0148. The molecule has 0 spiro atoms. The van der Waals surface area contributed by atoms with Crippen molar-refractivity contribution in [1.82, 2.24) is 0 Å². The van der Waals surface area contributed by atoms with Gasteiger partial charge in [-0.2, -0.15) is 0 Å². The second-order valence-electron chi connectivity index (χ2n) is 5.66. The Labute approximate surface area is 141 Å². The van der Waals surface area contributed by atoms with E-state index in [-0.39, 0.29) is 5.78 Å². The lowest BCUT2D eigenvalue weighted by atomic mass is 9.97. The topological polar surface area (TPSA) is 44.8 Å². The SMILES string of the molecule is COc1ccc(/C=C2/CCOc3c(C)cccc3C2=O)cc1OC. The summed E-state index contributed by atoms with van der Waals surface area (Å²) in [5, 5.41) is 0. The Morgan fingerprint density at radius 1 is 1.08 bits per heavy atom. The van der Waals surface area contributed by atoms with Crippen LogP contribution in [0.1, 0.15) is 27.9 Å². The van der Waals surface area contributed by atoms with Crippen LogP contribution >= 0.6 is 0 Å². The number of carbonyl (C=O) groups is 1.